The molecular formula is C14H22N2O. The normalized spacial score (nSPS) is 33.6. The molecule has 1 fully saturated rings. The number of quaternary nitrogens is 1. The van der Waals surface area contributed by atoms with E-state index < -0.39 is 0 Å². The molecule has 1 unspecified atom stereocenters. The van der Waals surface area contributed by atoms with Gasteiger partial charge >= 0.3 is 0 Å². The van der Waals surface area contributed by atoms with Crippen molar-refractivity contribution < 1.29 is 4.65 Å². The van der Waals surface area contributed by atoms with E-state index in [0.29, 0.717) is 25.0 Å². The summed E-state index contributed by atoms with van der Waals surface area (Å²) in [5.41, 5.74) is 1.15. The van der Waals surface area contributed by atoms with Gasteiger partial charge in [0.25, 0.3) is 0 Å². The number of benzene rings is 1. The number of nitrogens with zero attached hydrogens (tertiary/aromatic N) is 1. The Morgan fingerprint density at radius 2 is 2.06 bits per heavy atom. The Balaban J connectivity index is 2.04. The van der Waals surface area contributed by atoms with Gasteiger partial charge in [-0.05, 0) is 13.0 Å². The van der Waals surface area contributed by atoms with Crippen LogP contribution >= 0.6 is 0 Å². The molecule has 0 bridgehead atoms. The molecule has 0 aromatic heterocycles. The van der Waals surface area contributed by atoms with E-state index in [2.05, 4.69) is 12.2 Å². The molecule has 0 spiro atoms. The number of hydrogen-bond acceptors (Lipinski definition) is 2. The van der Waals surface area contributed by atoms with Gasteiger partial charge < -0.3 is 15.2 Å². The number of hydrogen-bond donors (Lipinski definition) is 1. The van der Waals surface area contributed by atoms with Gasteiger partial charge in [-0.25, -0.2) is 0 Å². The summed E-state index contributed by atoms with van der Waals surface area (Å²) < 4.78 is -0.0835. The molecule has 94 valence electrons. The van der Waals surface area contributed by atoms with E-state index >= 15 is 0 Å². The van der Waals surface area contributed by atoms with Crippen molar-refractivity contribution in [3.05, 3.63) is 41.1 Å². The summed E-state index contributed by atoms with van der Waals surface area (Å²) in [5.74, 6) is 0.607. The van der Waals surface area contributed by atoms with Crippen LogP contribution in [0.15, 0.2) is 30.3 Å². The largest absolute Gasteiger partial charge is 0.633 e. The lowest BCUT2D eigenvalue weighted by Crippen LogP contribution is -2.57. The van der Waals surface area contributed by atoms with Crippen LogP contribution in [0, 0.1) is 11.1 Å². The Labute approximate surface area is 104 Å². The Kier molecular flexibility index (Phi) is 3.82. The Morgan fingerprint density at radius 3 is 2.71 bits per heavy atom. The van der Waals surface area contributed by atoms with Crippen LogP contribution < -0.4 is 5.32 Å². The summed E-state index contributed by atoms with van der Waals surface area (Å²) >= 11 is 0. The molecule has 1 aliphatic heterocycles. The molecule has 1 saturated heterocycles. The molecule has 17 heavy (non-hydrogen) atoms. The maximum atomic E-state index is 12.7. The lowest BCUT2D eigenvalue weighted by atomic mass is 9.93. The zero-order valence-electron chi connectivity index (χ0n) is 10.7. The number of rotatable bonds is 3. The van der Waals surface area contributed by atoms with Gasteiger partial charge in [-0.15, -0.1) is 0 Å². The van der Waals surface area contributed by atoms with Gasteiger partial charge in [-0.2, -0.15) is 0 Å². The maximum Gasteiger partial charge on any atom is 0.104 e. The summed E-state index contributed by atoms with van der Waals surface area (Å²) in [4.78, 5) is 0. The second-order valence-electron chi connectivity index (χ2n) is 5.27. The summed E-state index contributed by atoms with van der Waals surface area (Å²) in [6, 6.07) is 10.4. The summed E-state index contributed by atoms with van der Waals surface area (Å²) in [6.45, 7) is 4.26. The molecule has 1 aromatic carbocycles. The Hall–Kier alpha value is -0.900. The molecule has 0 amide bonds. The minimum absolute atomic E-state index is 0.0835. The molecule has 1 aromatic rings. The Bertz CT molecular complexity index is 354. The first kappa shape index (κ1) is 12.6. The van der Waals surface area contributed by atoms with E-state index in [9.17, 15) is 5.21 Å². The summed E-state index contributed by atoms with van der Waals surface area (Å²) in [5, 5.41) is 16.0. The average Bonchev–Trinajstić information content (AvgIpc) is 2.34. The van der Waals surface area contributed by atoms with Gasteiger partial charge in [-0.1, -0.05) is 37.3 Å². The number of nitrogens with one attached hydrogen (secondary N) is 1. The molecule has 3 nitrogen and oxygen atoms in total. The van der Waals surface area contributed by atoms with Gasteiger partial charge in [0.1, 0.15) is 6.54 Å². The molecule has 3 heteroatoms. The van der Waals surface area contributed by atoms with E-state index in [0.717, 1.165) is 18.5 Å². The molecule has 1 aliphatic rings. The summed E-state index contributed by atoms with van der Waals surface area (Å²) in [6.07, 6.45) is 1.02. The van der Waals surface area contributed by atoms with Crippen molar-refractivity contribution in [2.75, 3.05) is 20.1 Å². The second-order valence-corrected chi connectivity index (χ2v) is 5.27. The third kappa shape index (κ3) is 3.06. The van der Waals surface area contributed by atoms with E-state index in [-0.39, 0.29) is 4.65 Å². The van der Waals surface area contributed by atoms with Crippen LogP contribution in [-0.4, -0.2) is 30.8 Å². The van der Waals surface area contributed by atoms with Crippen molar-refractivity contribution >= 4 is 0 Å². The van der Waals surface area contributed by atoms with Crippen LogP contribution in [0.2, 0.25) is 0 Å². The van der Waals surface area contributed by atoms with Crippen LogP contribution in [0.3, 0.4) is 0 Å². The maximum absolute atomic E-state index is 12.7. The van der Waals surface area contributed by atoms with Crippen molar-refractivity contribution in [2.45, 2.75) is 25.9 Å². The van der Waals surface area contributed by atoms with E-state index in [1.165, 1.54) is 0 Å². The first-order chi connectivity index (χ1) is 8.13. The molecule has 3 atom stereocenters. The second kappa shape index (κ2) is 5.17. The van der Waals surface area contributed by atoms with Crippen molar-refractivity contribution in [3.8, 4) is 0 Å². The van der Waals surface area contributed by atoms with Gasteiger partial charge in [0, 0.05) is 12.0 Å². The topological polar surface area (TPSA) is 35.1 Å². The number of likely N-dealkylation sites (tertiary alicyclic amines) is 1. The van der Waals surface area contributed by atoms with Gasteiger partial charge in [-0.3, -0.25) is 0 Å². The molecule has 0 radical (unpaired) electrons. The highest BCUT2D eigenvalue weighted by Gasteiger charge is 2.32. The lowest BCUT2D eigenvalue weighted by molar-refractivity contribution is -0.901. The minimum Gasteiger partial charge on any atom is -0.633 e. The molecule has 2 rings (SSSR count). The van der Waals surface area contributed by atoms with Gasteiger partial charge in [0.2, 0.25) is 0 Å². The highest BCUT2D eigenvalue weighted by Crippen LogP contribution is 2.25. The van der Waals surface area contributed by atoms with Crippen molar-refractivity contribution in [2.24, 2.45) is 5.92 Å². The molecule has 0 aliphatic carbocycles. The lowest BCUT2D eigenvalue weighted by Gasteiger charge is -2.50. The standard InChI is InChI=1S/C14H22N2O/c1-12-8-9-16(17,11-14(12)15-2)10-13-6-4-3-5-7-13/h3-7,12,14-15H,8-11H2,1-2H3/t12-,14+,16?/m1/s1. The van der Waals surface area contributed by atoms with Crippen LogP contribution in [-0.2, 0) is 6.54 Å². The van der Waals surface area contributed by atoms with Crippen LogP contribution in [0.4, 0.5) is 0 Å². The van der Waals surface area contributed by atoms with Gasteiger partial charge in [0.05, 0.1) is 19.1 Å². The third-order valence-electron chi connectivity index (χ3n) is 3.89. The fourth-order valence-electron chi connectivity index (χ4n) is 2.71. The average molecular weight is 234 g/mol. The number of hydroxylamine groups is 3. The number of piperidine rings is 1. The first-order valence-corrected chi connectivity index (χ1v) is 6.41. The van der Waals surface area contributed by atoms with Crippen molar-refractivity contribution in [1.82, 2.24) is 5.32 Å². The monoisotopic (exact) mass is 234 g/mol. The summed E-state index contributed by atoms with van der Waals surface area (Å²) in [7, 11) is 1.96. The highest BCUT2D eigenvalue weighted by molar-refractivity contribution is 5.13. The zero-order chi connectivity index (χ0) is 12.3. The highest BCUT2D eigenvalue weighted by atomic mass is 16.5. The molecule has 1 heterocycles. The minimum atomic E-state index is -0.0835. The fourth-order valence-corrected chi connectivity index (χ4v) is 2.71. The molecular weight excluding hydrogens is 212 g/mol. The van der Waals surface area contributed by atoms with E-state index in [1.807, 2.05) is 37.4 Å². The quantitative estimate of drug-likeness (QED) is 0.642. The predicted octanol–water partition coefficient (Wildman–Crippen LogP) is 2.13. The van der Waals surface area contributed by atoms with Crippen molar-refractivity contribution in [3.63, 3.8) is 0 Å². The molecule has 0 saturated carbocycles. The SMILES string of the molecule is CN[C@H]1C[N+]([O-])(Cc2ccccc2)CC[C@H]1C. The molecule has 1 N–H and O–H groups in total. The first-order valence-electron chi connectivity index (χ1n) is 6.41. The predicted molar refractivity (Wildman–Crippen MR) is 70.1 cm³/mol. The fraction of sp³-hybridized carbons (Fsp3) is 0.571. The van der Waals surface area contributed by atoms with Gasteiger partial charge in [0.15, 0.2) is 0 Å². The van der Waals surface area contributed by atoms with Crippen LogP contribution in [0.5, 0.6) is 0 Å². The smallest absolute Gasteiger partial charge is 0.104 e. The Morgan fingerprint density at radius 1 is 1.35 bits per heavy atom. The van der Waals surface area contributed by atoms with Crippen LogP contribution in [0.25, 0.3) is 0 Å². The zero-order valence-corrected chi connectivity index (χ0v) is 10.7. The van der Waals surface area contributed by atoms with E-state index in [1.54, 1.807) is 0 Å². The number of likely N-dealkylation sites (N-methyl/N-ethyl adjacent to an activating group) is 1. The third-order valence-corrected chi connectivity index (χ3v) is 3.89. The van der Waals surface area contributed by atoms with Crippen LogP contribution in [0.1, 0.15) is 18.9 Å². The van der Waals surface area contributed by atoms with E-state index in [4.69, 9.17) is 0 Å². The van der Waals surface area contributed by atoms with Crippen molar-refractivity contribution in [1.29, 1.82) is 0 Å².